The molecule has 0 aliphatic heterocycles. The third-order valence-electron chi connectivity index (χ3n) is 1.99. The van der Waals surface area contributed by atoms with Crippen LogP contribution in [0.5, 0.6) is 0 Å². The summed E-state index contributed by atoms with van der Waals surface area (Å²) in [5.74, 6) is 0.642. The van der Waals surface area contributed by atoms with Gasteiger partial charge >= 0.3 is 5.69 Å². The first kappa shape index (κ1) is 11.7. The van der Waals surface area contributed by atoms with Crippen molar-refractivity contribution in [3.8, 4) is 6.07 Å². The van der Waals surface area contributed by atoms with Gasteiger partial charge in [-0.05, 0) is 0 Å². The zero-order chi connectivity index (χ0) is 12.4. The second-order valence-corrected chi connectivity index (χ2v) is 5.40. The first-order valence-electron chi connectivity index (χ1n) is 4.60. The van der Waals surface area contributed by atoms with E-state index in [4.69, 9.17) is 5.26 Å². The van der Waals surface area contributed by atoms with Crippen LogP contribution in [0, 0.1) is 11.3 Å². The molecule has 0 aliphatic carbocycles. The van der Waals surface area contributed by atoms with Crippen LogP contribution in [-0.2, 0) is 0 Å². The van der Waals surface area contributed by atoms with Gasteiger partial charge in [-0.25, -0.2) is 4.79 Å². The fourth-order valence-corrected chi connectivity index (χ4v) is 3.42. The van der Waals surface area contributed by atoms with Crippen molar-refractivity contribution >= 4 is 33.3 Å². The van der Waals surface area contributed by atoms with Crippen LogP contribution < -0.4 is 11.2 Å². The number of aromatic amines is 2. The van der Waals surface area contributed by atoms with Crippen LogP contribution in [0.3, 0.4) is 0 Å². The zero-order valence-corrected chi connectivity index (χ0v) is 10.2. The predicted molar refractivity (Wildman–Crippen MR) is 68.7 cm³/mol. The van der Waals surface area contributed by atoms with E-state index in [0.29, 0.717) is 21.5 Å². The van der Waals surface area contributed by atoms with Crippen molar-refractivity contribution in [2.24, 2.45) is 0 Å². The Morgan fingerprint density at radius 1 is 1.47 bits per heavy atom. The molecule has 86 valence electrons. The van der Waals surface area contributed by atoms with E-state index in [1.807, 2.05) is 6.07 Å². The number of fused-ring (bicyclic) bond motifs is 1. The van der Waals surface area contributed by atoms with Gasteiger partial charge in [0.15, 0.2) is 0 Å². The lowest BCUT2D eigenvalue weighted by atomic mass is 10.3. The van der Waals surface area contributed by atoms with Gasteiger partial charge in [0.05, 0.1) is 9.73 Å². The van der Waals surface area contributed by atoms with Crippen molar-refractivity contribution in [3.05, 3.63) is 39.1 Å². The molecule has 0 spiro atoms. The molecule has 2 N–H and O–H groups in total. The number of aromatic nitrogens is 2. The molecule has 17 heavy (non-hydrogen) atoms. The van der Waals surface area contributed by atoms with Crippen LogP contribution in [0.2, 0.25) is 0 Å². The number of H-pyrrole nitrogens is 2. The zero-order valence-electron chi connectivity index (χ0n) is 8.57. The maximum Gasteiger partial charge on any atom is 0.326 e. The lowest BCUT2D eigenvalue weighted by Crippen LogP contribution is -2.20. The number of nitriles is 1. The summed E-state index contributed by atoms with van der Waals surface area (Å²) in [5, 5.41) is 9.07. The minimum atomic E-state index is -0.600. The Hall–Kier alpha value is -1.78. The maximum atomic E-state index is 11.6. The molecule has 2 heterocycles. The third-order valence-corrected chi connectivity index (χ3v) is 4.45. The number of nitrogens with zero attached hydrogens (tertiary/aromatic N) is 1. The van der Waals surface area contributed by atoms with Crippen molar-refractivity contribution < 1.29 is 0 Å². The number of hydrogen-bond donors (Lipinski definition) is 2. The first-order valence-corrected chi connectivity index (χ1v) is 6.40. The maximum absolute atomic E-state index is 11.6. The van der Waals surface area contributed by atoms with Crippen LogP contribution in [0.1, 0.15) is 5.56 Å². The van der Waals surface area contributed by atoms with E-state index >= 15 is 0 Å². The highest BCUT2D eigenvalue weighted by Gasteiger charge is 2.15. The molecule has 0 fully saturated rings. The average Bonchev–Trinajstić information content (AvgIpc) is 2.64. The van der Waals surface area contributed by atoms with Crippen molar-refractivity contribution in [3.63, 3.8) is 0 Å². The van der Waals surface area contributed by atoms with E-state index in [1.165, 1.54) is 23.1 Å². The molecular weight excluding hydrogens is 258 g/mol. The molecule has 2 rings (SSSR count). The summed E-state index contributed by atoms with van der Waals surface area (Å²) < 4.78 is 1.09. The molecule has 2 aromatic rings. The molecular formula is C10H7N3O2S2. The summed E-state index contributed by atoms with van der Waals surface area (Å²) in [7, 11) is 0. The number of hydrogen-bond acceptors (Lipinski definition) is 5. The van der Waals surface area contributed by atoms with Gasteiger partial charge in [0.1, 0.15) is 16.3 Å². The average molecular weight is 265 g/mol. The van der Waals surface area contributed by atoms with Gasteiger partial charge in [0.25, 0.3) is 5.56 Å². The van der Waals surface area contributed by atoms with Gasteiger partial charge in [0, 0.05) is 5.75 Å². The van der Waals surface area contributed by atoms with E-state index < -0.39 is 11.2 Å². The van der Waals surface area contributed by atoms with Crippen molar-refractivity contribution in [1.29, 1.82) is 5.26 Å². The fraction of sp³-hybridized carbons (Fsp3) is 0.100. The molecule has 0 saturated heterocycles. The standard InChI is InChI=1S/C10H7N3O2S2/c1-2-3-16-9-5(4-11)6-7(17-9)8(14)13-10(15)12-6/h2H,1,3H2,(H2,12,13,14,15). The highest BCUT2D eigenvalue weighted by atomic mass is 32.2. The van der Waals surface area contributed by atoms with Crippen molar-refractivity contribution in [1.82, 2.24) is 9.97 Å². The van der Waals surface area contributed by atoms with Gasteiger partial charge in [-0.2, -0.15) is 5.26 Å². The van der Waals surface area contributed by atoms with Gasteiger partial charge < -0.3 is 4.98 Å². The van der Waals surface area contributed by atoms with E-state index in [1.54, 1.807) is 6.08 Å². The number of thiophene rings is 1. The van der Waals surface area contributed by atoms with Gasteiger partial charge in [0.2, 0.25) is 0 Å². The van der Waals surface area contributed by atoms with Gasteiger partial charge in [-0.3, -0.25) is 9.78 Å². The summed E-state index contributed by atoms with van der Waals surface area (Å²) in [6.45, 7) is 3.59. The highest BCUT2D eigenvalue weighted by Crippen LogP contribution is 2.34. The fourth-order valence-electron chi connectivity index (χ4n) is 1.33. The van der Waals surface area contributed by atoms with Crippen LogP contribution in [0.25, 0.3) is 10.2 Å². The van der Waals surface area contributed by atoms with E-state index in [0.717, 1.165) is 4.21 Å². The normalized spacial score (nSPS) is 10.3. The lowest BCUT2D eigenvalue weighted by Gasteiger charge is -1.92. The third kappa shape index (κ3) is 2.05. The quantitative estimate of drug-likeness (QED) is 0.649. The first-order chi connectivity index (χ1) is 8.17. The highest BCUT2D eigenvalue weighted by molar-refractivity contribution is 8.01. The predicted octanol–water partition coefficient (Wildman–Crippen LogP) is 1.43. The summed E-state index contributed by atoms with van der Waals surface area (Å²) in [6.07, 6.45) is 1.71. The topological polar surface area (TPSA) is 89.5 Å². The van der Waals surface area contributed by atoms with Gasteiger partial charge in [-0.15, -0.1) is 29.7 Å². The Kier molecular flexibility index (Phi) is 3.17. The minimum Gasteiger partial charge on any atom is -0.305 e. The molecule has 0 radical (unpaired) electrons. The summed E-state index contributed by atoms with van der Waals surface area (Å²) in [6, 6.07) is 2.01. The van der Waals surface area contributed by atoms with E-state index in [2.05, 4.69) is 16.5 Å². The Balaban J connectivity index is 2.76. The summed E-state index contributed by atoms with van der Waals surface area (Å²) >= 11 is 2.62. The Morgan fingerprint density at radius 2 is 2.24 bits per heavy atom. The van der Waals surface area contributed by atoms with Crippen LogP contribution in [0.4, 0.5) is 0 Å². The SMILES string of the molecule is C=CCSc1sc2c(=O)[nH]c(=O)[nH]c2c1C#N. The van der Waals surface area contributed by atoms with Crippen molar-refractivity contribution in [2.45, 2.75) is 4.21 Å². The summed E-state index contributed by atoms with van der Waals surface area (Å²) in [4.78, 5) is 27.3. The monoisotopic (exact) mass is 265 g/mol. The molecule has 0 saturated carbocycles. The molecule has 0 unspecified atom stereocenters. The van der Waals surface area contributed by atoms with E-state index in [-0.39, 0.29) is 0 Å². The van der Waals surface area contributed by atoms with Crippen LogP contribution in [-0.4, -0.2) is 15.7 Å². The van der Waals surface area contributed by atoms with Crippen LogP contribution in [0.15, 0.2) is 26.5 Å². The number of nitrogens with one attached hydrogen (secondary N) is 2. The van der Waals surface area contributed by atoms with E-state index in [9.17, 15) is 9.59 Å². The van der Waals surface area contributed by atoms with Gasteiger partial charge in [-0.1, -0.05) is 6.08 Å². The molecule has 0 aliphatic rings. The molecule has 0 atom stereocenters. The number of rotatable bonds is 3. The lowest BCUT2D eigenvalue weighted by molar-refractivity contribution is 1.08. The van der Waals surface area contributed by atoms with Crippen molar-refractivity contribution in [2.75, 3.05) is 5.75 Å². The largest absolute Gasteiger partial charge is 0.326 e. The Morgan fingerprint density at radius 3 is 2.88 bits per heavy atom. The molecule has 0 aromatic carbocycles. The molecule has 7 heteroatoms. The summed E-state index contributed by atoms with van der Waals surface area (Å²) in [5.41, 5.74) is -0.398. The van der Waals surface area contributed by atoms with Crippen LogP contribution >= 0.6 is 23.1 Å². The Bertz CT molecular complexity index is 733. The number of thioether (sulfide) groups is 1. The molecule has 5 nitrogen and oxygen atoms in total. The molecule has 2 aromatic heterocycles. The second kappa shape index (κ2) is 4.61. The minimum absolute atomic E-state index is 0.317. The second-order valence-electron chi connectivity index (χ2n) is 3.09. The Labute approximate surface area is 104 Å². The molecule has 0 bridgehead atoms. The smallest absolute Gasteiger partial charge is 0.305 e. The molecule has 0 amide bonds.